The van der Waals surface area contributed by atoms with Crippen LogP contribution >= 0.6 is 0 Å². The van der Waals surface area contributed by atoms with E-state index in [9.17, 15) is 19.2 Å². The summed E-state index contributed by atoms with van der Waals surface area (Å²) < 4.78 is 19.9. The van der Waals surface area contributed by atoms with Gasteiger partial charge in [0.15, 0.2) is 0 Å². The number of piperazine rings is 1. The Kier molecular flexibility index (Phi) is 9.18. The Morgan fingerprint density at radius 3 is 1.88 bits per heavy atom. The van der Waals surface area contributed by atoms with Crippen LogP contribution in [-0.4, -0.2) is 91.3 Å². The Morgan fingerprint density at radius 1 is 0.735 bits per heavy atom. The first-order valence-electron chi connectivity index (χ1n) is 17.0. The highest BCUT2D eigenvalue weighted by molar-refractivity contribution is 6.02. The van der Waals surface area contributed by atoms with Gasteiger partial charge in [-0.25, -0.2) is 19.0 Å². The Balaban J connectivity index is 1.55. The van der Waals surface area contributed by atoms with Crippen molar-refractivity contribution in [3.05, 3.63) is 41.1 Å². The van der Waals surface area contributed by atoms with Gasteiger partial charge in [0.25, 0.3) is 5.91 Å². The van der Waals surface area contributed by atoms with E-state index in [1.807, 2.05) is 53.7 Å². The number of rotatable bonds is 2. The number of nitrogens with zero attached hydrogens (tertiary/aromatic N) is 5. The third kappa shape index (κ3) is 8.11. The number of ether oxygens (including phenoxy) is 3. The van der Waals surface area contributed by atoms with E-state index in [1.165, 1.54) is 9.25 Å². The number of hydrogen-bond acceptors (Lipinski definition) is 8. The van der Waals surface area contributed by atoms with Gasteiger partial charge >= 0.3 is 18.3 Å². The predicted molar refractivity (Wildman–Crippen MR) is 186 cm³/mol. The van der Waals surface area contributed by atoms with Crippen molar-refractivity contribution in [2.24, 2.45) is 5.41 Å². The first-order valence-corrected chi connectivity index (χ1v) is 17.0. The van der Waals surface area contributed by atoms with Gasteiger partial charge in [-0.3, -0.25) is 4.79 Å². The van der Waals surface area contributed by atoms with Crippen molar-refractivity contribution in [1.29, 1.82) is 0 Å². The molecule has 0 spiro atoms. The molecule has 1 aromatic carbocycles. The summed E-state index contributed by atoms with van der Waals surface area (Å²) in [5.41, 5.74) is 1.32. The topological polar surface area (TPSA) is 125 Å². The molecular formula is C37H51N5O7. The summed E-state index contributed by atoms with van der Waals surface area (Å²) in [7, 11) is 0. The molecule has 1 fully saturated rings. The molecule has 49 heavy (non-hydrogen) atoms. The fraction of sp³-hybridized carbons (Fsp3) is 0.595. The number of fused-ring (bicyclic) bond motifs is 2. The molecule has 266 valence electrons. The molecule has 1 aliphatic carbocycles. The van der Waals surface area contributed by atoms with Gasteiger partial charge < -0.3 is 24.0 Å². The van der Waals surface area contributed by atoms with E-state index in [-0.39, 0.29) is 11.3 Å². The largest absolute Gasteiger partial charge is 0.444 e. The van der Waals surface area contributed by atoms with Crippen LogP contribution < -0.4 is 0 Å². The minimum Gasteiger partial charge on any atom is -0.444 e. The minimum atomic E-state index is -0.800. The lowest BCUT2D eigenvalue weighted by molar-refractivity contribution is 0.0140. The van der Waals surface area contributed by atoms with Gasteiger partial charge in [0.05, 0.1) is 16.9 Å². The van der Waals surface area contributed by atoms with Gasteiger partial charge in [0.1, 0.15) is 22.5 Å². The van der Waals surface area contributed by atoms with Gasteiger partial charge in [0, 0.05) is 42.7 Å². The number of hydrogen-bond donors (Lipinski definition) is 0. The van der Waals surface area contributed by atoms with Crippen LogP contribution in [0.15, 0.2) is 24.3 Å². The number of amides is 2. The summed E-state index contributed by atoms with van der Waals surface area (Å²) in [4.78, 5) is 57.1. The number of benzene rings is 1. The monoisotopic (exact) mass is 677 g/mol. The summed E-state index contributed by atoms with van der Waals surface area (Å²) in [6, 6.07) is 7.11. The van der Waals surface area contributed by atoms with Gasteiger partial charge in [-0.15, -0.1) is 0 Å². The fourth-order valence-corrected chi connectivity index (χ4v) is 6.21. The van der Waals surface area contributed by atoms with E-state index in [0.717, 1.165) is 17.7 Å². The van der Waals surface area contributed by atoms with Crippen LogP contribution in [0.3, 0.4) is 0 Å². The van der Waals surface area contributed by atoms with Gasteiger partial charge in [-0.1, -0.05) is 19.9 Å². The standard InChI is InChI=1S/C37H51N5O7/c1-34(2,3)47-31(44)40-18-16-39(17-19-40)30(43)24-13-12-23-20-27(41(26(23)21-24)32(45)48-35(4,5)6)29-25-14-15-37(10,11)22-28(25)42(38-29)33(46)49-36(7,8)9/h12-13,20-21H,14-19,22H2,1-11H3. The molecule has 2 amide bonds. The van der Waals surface area contributed by atoms with Gasteiger partial charge in [0.2, 0.25) is 0 Å². The van der Waals surface area contributed by atoms with Crippen molar-refractivity contribution in [1.82, 2.24) is 24.1 Å². The molecule has 0 atom stereocenters. The summed E-state index contributed by atoms with van der Waals surface area (Å²) in [6.07, 6.45) is 0.552. The zero-order valence-electron chi connectivity index (χ0n) is 30.9. The molecule has 12 heteroatoms. The van der Waals surface area contributed by atoms with E-state index in [4.69, 9.17) is 19.3 Å². The zero-order valence-corrected chi connectivity index (χ0v) is 30.9. The molecule has 0 radical (unpaired) electrons. The Morgan fingerprint density at radius 2 is 1.29 bits per heavy atom. The number of aromatic nitrogens is 3. The molecule has 0 bridgehead atoms. The van der Waals surface area contributed by atoms with E-state index >= 15 is 0 Å². The highest BCUT2D eigenvalue weighted by Gasteiger charge is 2.36. The van der Waals surface area contributed by atoms with E-state index in [0.29, 0.717) is 66.9 Å². The molecule has 0 unspecified atom stereocenters. The molecule has 5 rings (SSSR count). The van der Waals surface area contributed by atoms with Crippen LogP contribution in [0, 0.1) is 5.41 Å². The van der Waals surface area contributed by atoms with E-state index < -0.39 is 35.1 Å². The van der Waals surface area contributed by atoms with Crippen molar-refractivity contribution in [2.75, 3.05) is 26.2 Å². The first-order chi connectivity index (χ1) is 22.5. The SMILES string of the molecule is CC1(C)CCc2c(-c3cc4ccc(C(=O)N5CCN(C(=O)OC(C)(C)C)CC5)cc4n3C(=O)OC(C)(C)C)nn(C(=O)OC(C)(C)C)c2C1. The third-order valence-electron chi connectivity index (χ3n) is 8.44. The first kappa shape index (κ1) is 35.9. The molecule has 0 saturated carbocycles. The molecule has 3 aromatic rings. The van der Waals surface area contributed by atoms with Crippen molar-refractivity contribution in [2.45, 2.75) is 112 Å². The Hall–Kier alpha value is -4.35. The molecule has 2 aromatic heterocycles. The summed E-state index contributed by atoms with van der Waals surface area (Å²) in [5, 5.41) is 5.53. The summed E-state index contributed by atoms with van der Waals surface area (Å²) >= 11 is 0. The predicted octanol–water partition coefficient (Wildman–Crippen LogP) is 7.28. The third-order valence-corrected chi connectivity index (χ3v) is 8.44. The van der Waals surface area contributed by atoms with Crippen LogP contribution in [0.2, 0.25) is 0 Å². The van der Waals surface area contributed by atoms with Crippen molar-refractivity contribution >= 4 is 35.1 Å². The van der Waals surface area contributed by atoms with E-state index in [2.05, 4.69) is 13.8 Å². The van der Waals surface area contributed by atoms with Crippen LogP contribution in [0.5, 0.6) is 0 Å². The Bertz CT molecular complexity index is 1790. The van der Waals surface area contributed by atoms with Gasteiger partial charge in [-0.2, -0.15) is 9.78 Å². The second-order valence-corrected chi connectivity index (χ2v) is 16.9. The second kappa shape index (κ2) is 12.5. The Labute approximate surface area is 288 Å². The summed E-state index contributed by atoms with van der Waals surface area (Å²) in [6.45, 7) is 22.0. The molecule has 2 aliphatic rings. The van der Waals surface area contributed by atoms with Crippen molar-refractivity contribution in [3.8, 4) is 11.4 Å². The van der Waals surface area contributed by atoms with Crippen molar-refractivity contribution < 1.29 is 33.4 Å². The minimum absolute atomic E-state index is 0.0599. The quantitative estimate of drug-likeness (QED) is 0.259. The fourth-order valence-electron chi connectivity index (χ4n) is 6.21. The lowest BCUT2D eigenvalue weighted by Gasteiger charge is -2.35. The highest BCUT2D eigenvalue weighted by atomic mass is 16.6. The average Bonchev–Trinajstić information content (AvgIpc) is 3.51. The molecule has 0 N–H and O–H groups in total. The molecule has 3 heterocycles. The number of carbonyl (C=O) groups excluding carboxylic acids is 4. The van der Waals surface area contributed by atoms with Crippen LogP contribution in [0.4, 0.5) is 14.4 Å². The molecule has 1 saturated heterocycles. The van der Waals surface area contributed by atoms with Crippen LogP contribution in [-0.2, 0) is 27.1 Å². The lowest BCUT2D eigenvalue weighted by atomic mass is 9.76. The molecule has 12 nitrogen and oxygen atoms in total. The molecular weight excluding hydrogens is 626 g/mol. The maximum absolute atomic E-state index is 14.0. The smallest absolute Gasteiger partial charge is 0.435 e. The maximum Gasteiger partial charge on any atom is 0.435 e. The average molecular weight is 678 g/mol. The zero-order chi connectivity index (χ0) is 36.3. The van der Waals surface area contributed by atoms with Gasteiger partial charge in [-0.05, 0) is 105 Å². The normalized spacial score (nSPS) is 16.7. The second-order valence-electron chi connectivity index (χ2n) is 16.9. The number of carbonyl (C=O) groups is 4. The maximum atomic E-state index is 14.0. The lowest BCUT2D eigenvalue weighted by Crippen LogP contribution is -2.51. The van der Waals surface area contributed by atoms with Crippen molar-refractivity contribution in [3.63, 3.8) is 0 Å². The molecule has 1 aliphatic heterocycles. The highest BCUT2D eigenvalue weighted by Crippen LogP contribution is 2.41. The summed E-state index contributed by atoms with van der Waals surface area (Å²) in [5.74, 6) is -0.210. The van der Waals surface area contributed by atoms with E-state index in [1.54, 1.807) is 42.7 Å². The van der Waals surface area contributed by atoms with Crippen LogP contribution in [0.25, 0.3) is 22.3 Å². The van der Waals surface area contributed by atoms with Crippen LogP contribution in [0.1, 0.15) is 104 Å².